The lowest BCUT2D eigenvalue weighted by molar-refractivity contribution is 0.0961. The lowest BCUT2D eigenvalue weighted by atomic mass is 10.00. The second-order valence-corrected chi connectivity index (χ2v) is 8.19. The number of anilines is 3. The zero-order chi connectivity index (χ0) is 19.8. The number of rotatable bonds is 5. The second-order valence-electron chi connectivity index (χ2n) is 7.76. The molecule has 5 nitrogen and oxygen atoms in total. The zero-order valence-corrected chi connectivity index (χ0v) is 17.3. The third-order valence-corrected chi connectivity index (χ3v) is 5.10. The van der Waals surface area contributed by atoms with Gasteiger partial charge in [0, 0.05) is 42.2 Å². The van der Waals surface area contributed by atoms with E-state index in [1.807, 2.05) is 45.2 Å². The van der Waals surface area contributed by atoms with Gasteiger partial charge < -0.3 is 15.1 Å². The lowest BCUT2D eigenvalue weighted by Gasteiger charge is -2.44. The maximum absolute atomic E-state index is 13.4. The van der Waals surface area contributed by atoms with Crippen LogP contribution in [0.3, 0.4) is 0 Å². The molecule has 2 aromatic rings. The molecule has 0 radical (unpaired) electrons. The van der Waals surface area contributed by atoms with Crippen LogP contribution in [0.5, 0.6) is 0 Å². The van der Waals surface area contributed by atoms with Gasteiger partial charge in [-0.2, -0.15) is 0 Å². The molecule has 27 heavy (non-hydrogen) atoms. The number of amides is 1. The van der Waals surface area contributed by atoms with Crippen molar-refractivity contribution in [1.29, 1.82) is 0 Å². The first-order valence-corrected chi connectivity index (χ1v) is 9.45. The number of nitrogens with zero attached hydrogens (tertiary/aromatic N) is 3. The molecule has 1 amide bonds. The topological polar surface area (TPSA) is 38.8 Å². The molecule has 0 unspecified atom stereocenters. The van der Waals surface area contributed by atoms with Gasteiger partial charge in [0.1, 0.15) is 5.66 Å². The van der Waals surface area contributed by atoms with Crippen molar-refractivity contribution >= 4 is 34.6 Å². The number of benzene rings is 2. The molecule has 0 saturated carbocycles. The van der Waals surface area contributed by atoms with Gasteiger partial charge in [0.05, 0.1) is 5.56 Å². The minimum Gasteiger partial charge on any atom is -0.373 e. The van der Waals surface area contributed by atoms with Gasteiger partial charge in [0.15, 0.2) is 0 Å². The van der Waals surface area contributed by atoms with E-state index in [1.165, 1.54) is 0 Å². The molecule has 0 fully saturated rings. The molecule has 1 aliphatic rings. The molecule has 0 aliphatic carbocycles. The quantitative estimate of drug-likeness (QED) is 0.837. The number of carbonyl (C=O) groups is 1. The van der Waals surface area contributed by atoms with Crippen LogP contribution in [0.25, 0.3) is 0 Å². The van der Waals surface area contributed by atoms with Crippen LogP contribution < -0.4 is 15.1 Å². The van der Waals surface area contributed by atoms with Crippen LogP contribution >= 0.6 is 11.6 Å². The molecule has 1 aliphatic heterocycles. The van der Waals surface area contributed by atoms with Gasteiger partial charge in [0.25, 0.3) is 5.91 Å². The highest BCUT2D eigenvalue weighted by molar-refractivity contribution is 6.30. The predicted octanol–water partition coefficient (Wildman–Crippen LogP) is 4.15. The molecule has 0 saturated heterocycles. The summed E-state index contributed by atoms with van der Waals surface area (Å²) in [5.41, 5.74) is 2.84. The van der Waals surface area contributed by atoms with E-state index in [9.17, 15) is 4.79 Å². The van der Waals surface area contributed by atoms with Gasteiger partial charge in [0.2, 0.25) is 0 Å². The van der Waals surface area contributed by atoms with Crippen molar-refractivity contribution in [3.8, 4) is 0 Å². The van der Waals surface area contributed by atoms with Crippen LogP contribution in [-0.2, 0) is 0 Å². The number of nitrogens with one attached hydrogen (secondary N) is 1. The van der Waals surface area contributed by atoms with Crippen LogP contribution in [0.4, 0.5) is 17.1 Å². The van der Waals surface area contributed by atoms with Crippen molar-refractivity contribution in [3.63, 3.8) is 0 Å². The number of fused-ring (bicyclic) bond motifs is 1. The Morgan fingerprint density at radius 2 is 1.70 bits per heavy atom. The SMILES string of the molecule is CN(C)CCN(C)c1ccc2c(c1)C(=O)N(c1ccc(Cl)cc1)C(C)(C)N2. The molecule has 6 heteroatoms. The van der Waals surface area contributed by atoms with Crippen molar-refractivity contribution in [2.24, 2.45) is 0 Å². The maximum atomic E-state index is 13.4. The number of halogens is 1. The molecule has 0 bridgehead atoms. The van der Waals surface area contributed by atoms with Gasteiger partial charge in [-0.3, -0.25) is 9.69 Å². The molecule has 2 aromatic carbocycles. The first-order chi connectivity index (χ1) is 12.7. The third kappa shape index (κ3) is 4.04. The summed E-state index contributed by atoms with van der Waals surface area (Å²) in [4.78, 5) is 19.5. The average molecular weight is 387 g/mol. The standard InChI is InChI=1S/C21H27ClN4O/c1-21(2)23-19-11-10-17(25(5)13-12-24(3)4)14-18(19)20(27)26(21)16-8-6-15(22)7-9-16/h6-11,14,23H,12-13H2,1-5H3. The first-order valence-electron chi connectivity index (χ1n) is 9.07. The van der Waals surface area contributed by atoms with Crippen LogP contribution in [-0.4, -0.2) is 50.7 Å². The van der Waals surface area contributed by atoms with Gasteiger partial charge in [-0.1, -0.05) is 11.6 Å². The molecule has 144 valence electrons. The minimum atomic E-state index is -0.545. The number of carbonyl (C=O) groups excluding carboxylic acids is 1. The van der Waals surface area contributed by atoms with Crippen LogP contribution in [0.1, 0.15) is 24.2 Å². The van der Waals surface area contributed by atoms with E-state index in [1.54, 1.807) is 17.0 Å². The van der Waals surface area contributed by atoms with Crippen molar-refractivity contribution in [2.75, 3.05) is 49.3 Å². The summed E-state index contributed by atoms with van der Waals surface area (Å²) in [5.74, 6) is -0.0149. The molecule has 1 N–H and O–H groups in total. The fourth-order valence-corrected chi connectivity index (χ4v) is 3.45. The zero-order valence-electron chi connectivity index (χ0n) is 16.6. The van der Waals surface area contributed by atoms with Gasteiger partial charge in [-0.15, -0.1) is 0 Å². The fourth-order valence-electron chi connectivity index (χ4n) is 3.32. The number of hydrogen-bond donors (Lipinski definition) is 1. The summed E-state index contributed by atoms with van der Waals surface area (Å²) in [6, 6.07) is 13.4. The maximum Gasteiger partial charge on any atom is 0.262 e. The normalized spacial score (nSPS) is 15.5. The predicted molar refractivity (Wildman–Crippen MR) is 114 cm³/mol. The lowest BCUT2D eigenvalue weighted by Crippen LogP contribution is -2.56. The Bertz CT molecular complexity index is 833. The van der Waals surface area contributed by atoms with Gasteiger partial charge >= 0.3 is 0 Å². The highest BCUT2D eigenvalue weighted by Gasteiger charge is 2.38. The Morgan fingerprint density at radius 3 is 2.33 bits per heavy atom. The third-order valence-electron chi connectivity index (χ3n) is 4.84. The number of likely N-dealkylation sites (N-methyl/N-ethyl adjacent to an activating group) is 2. The Hall–Kier alpha value is -2.24. The summed E-state index contributed by atoms with van der Waals surface area (Å²) < 4.78 is 0. The number of hydrogen-bond acceptors (Lipinski definition) is 4. The minimum absolute atomic E-state index is 0.0149. The average Bonchev–Trinajstić information content (AvgIpc) is 2.60. The Kier molecular flexibility index (Phi) is 5.36. The summed E-state index contributed by atoms with van der Waals surface area (Å²) in [5, 5.41) is 4.14. The Labute approximate surface area is 166 Å². The van der Waals surface area contributed by atoms with Crippen molar-refractivity contribution in [2.45, 2.75) is 19.5 Å². The van der Waals surface area contributed by atoms with Gasteiger partial charge in [-0.25, -0.2) is 0 Å². The van der Waals surface area contributed by atoms with Crippen molar-refractivity contribution in [3.05, 3.63) is 53.1 Å². The van der Waals surface area contributed by atoms with Crippen LogP contribution in [0, 0.1) is 0 Å². The fraction of sp³-hybridized carbons (Fsp3) is 0.381. The molecule has 1 heterocycles. The van der Waals surface area contributed by atoms with Crippen molar-refractivity contribution < 1.29 is 4.79 Å². The summed E-state index contributed by atoms with van der Waals surface area (Å²) in [6.07, 6.45) is 0. The smallest absolute Gasteiger partial charge is 0.262 e. The van der Waals surface area contributed by atoms with Crippen LogP contribution in [0.15, 0.2) is 42.5 Å². The molecule has 3 rings (SSSR count). The molecular formula is C21H27ClN4O. The van der Waals surface area contributed by atoms with E-state index in [0.29, 0.717) is 10.6 Å². The highest BCUT2D eigenvalue weighted by atomic mass is 35.5. The highest BCUT2D eigenvalue weighted by Crippen LogP contribution is 2.36. The van der Waals surface area contributed by atoms with Gasteiger partial charge in [-0.05, 0) is 70.4 Å². The van der Waals surface area contributed by atoms with Crippen molar-refractivity contribution in [1.82, 2.24) is 4.90 Å². The summed E-state index contributed by atoms with van der Waals surface area (Å²) >= 11 is 6.02. The van der Waals surface area contributed by atoms with Crippen LogP contribution in [0.2, 0.25) is 5.02 Å². The van der Waals surface area contributed by atoms with E-state index >= 15 is 0 Å². The Balaban J connectivity index is 1.95. The summed E-state index contributed by atoms with van der Waals surface area (Å²) in [6.45, 7) is 5.84. The largest absolute Gasteiger partial charge is 0.373 e. The van der Waals surface area contributed by atoms with E-state index in [-0.39, 0.29) is 5.91 Å². The second kappa shape index (κ2) is 7.41. The van der Waals surface area contributed by atoms with E-state index < -0.39 is 5.66 Å². The summed E-state index contributed by atoms with van der Waals surface area (Å²) in [7, 11) is 6.16. The van der Waals surface area contributed by atoms with E-state index in [0.717, 1.165) is 30.2 Å². The molecule has 0 aromatic heterocycles. The van der Waals surface area contributed by atoms with E-state index in [4.69, 9.17) is 11.6 Å². The Morgan fingerprint density at radius 1 is 1.04 bits per heavy atom. The van der Waals surface area contributed by atoms with E-state index in [2.05, 4.69) is 35.3 Å². The molecule has 0 spiro atoms. The first kappa shape index (κ1) is 19.5. The molecule has 0 atom stereocenters. The monoisotopic (exact) mass is 386 g/mol. The molecular weight excluding hydrogens is 360 g/mol.